The number of amides is 2. The van der Waals surface area contributed by atoms with Crippen LogP contribution in [0.2, 0.25) is 0 Å². The summed E-state index contributed by atoms with van der Waals surface area (Å²) in [4.78, 5) is 12.7. The molecule has 5 heteroatoms. The summed E-state index contributed by atoms with van der Waals surface area (Å²) in [5, 5.41) is 1.86. The predicted octanol–water partition coefficient (Wildman–Crippen LogP) is 2.35. The Morgan fingerprint density at radius 2 is 1.82 bits per heavy atom. The van der Waals surface area contributed by atoms with Gasteiger partial charge in [0.05, 0.1) is 0 Å². The van der Waals surface area contributed by atoms with Crippen molar-refractivity contribution in [2.75, 3.05) is 5.01 Å². The number of halogens is 1. The Hall–Kier alpha value is -2.02. The fourth-order valence-corrected chi connectivity index (χ4v) is 5.61. The second-order valence-electron chi connectivity index (χ2n) is 7.34. The number of hydrogen-bond acceptors (Lipinski definition) is 2. The van der Waals surface area contributed by atoms with Gasteiger partial charge in [-0.25, -0.2) is 0 Å². The van der Waals surface area contributed by atoms with Gasteiger partial charge in [-0.3, -0.25) is 0 Å². The predicted molar refractivity (Wildman–Crippen MR) is 112 cm³/mol. The van der Waals surface area contributed by atoms with E-state index < -0.39 is 0 Å². The zero-order valence-electron chi connectivity index (χ0n) is 16.4. The monoisotopic (exact) mass is 490 g/mol. The summed E-state index contributed by atoms with van der Waals surface area (Å²) in [5.74, 6) is 0.838. The molecular formula is C23H29IN3O-. The fourth-order valence-electron chi connectivity index (χ4n) is 3.42. The number of hydrazine groups is 1. The summed E-state index contributed by atoms with van der Waals surface area (Å²) >= 11 is -0.342. The Morgan fingerprint density at radius 3 is 2.54 bits per heavy atom. The molecule has 3 rings (SSSR count). The van der Waals surface area contributed by atoms with Crippen molar-refractivity contribution in [3.8, 4) is 0 Å². The van der Waals surface area contributed by atoms with E-state index in [0.29, 0.717) is 3.92 Å². The van der Waals surface area contributed by atoms with E-state index in [0.717, 1.165) is 23.7 Å². The van der Waals surface area contributed by atoms with Gasteiger partial charge in [0, 0.05) is 0 Å². The first-order valence-corrected chi connectivity index (χ1v) is 12.2. The van der Waals surface area contributed by atoms with Gasteiger partial charge < -0.3 is 0 Å². The van der Waals surface area contributed by atoms with Crippen molar-refractivity contribution in [2.24, 2.45) is 5.92 Å². The molecule has 0 aromatic heterocycles. The van der Waals surface area contributed by atoms with Crippen LogP contribution in [0, 0.1) is 5.92 Å². The van der Waals surface area contributed by atoms with Crippen molar-refractivity contribution in [2.45, 2.75) is 43.0 Å². The van der Waals surface area contributed by atoms with Crippen LogP contribution < -0.4 is 35.4 Å². The molecular weight excluding hydrogens is 461 g/mol. The van der Waals surface area contributed by atoms with Gasteiger partial charge in [-0.15, -0.1) is 0 Å². The first kappa shape index (κ1) is 20.7. The molecule has 0 atom stereocenters. The minimum absolute atomic E-state index is 0.121. The molecule has 0 unspecified atom stereocenters. The number of nitrogens with one attached hydrogen (secondary N) is 2. The van der Waals surface area contributed by atoms with Crippen LogP contribution in [-0.4, -0.2) is 9.96 Å². The fraction of sp³-hybridized carbons (Fsp3) is 0.348. The zero-order chi connectivity index (χ0) is 19.8. The molecule has 150 valence electrons. The van der Waals surface area contributed by atoms with Crippen LogP contribution in [0.1, 0.15) is 38.2 Å². The summed E-state index contributed by atoms with van der Waals surface area (Å²) in [6.45, 7) is 6.15. The number of para-hydroxylation sites is 1. The van der Waals surface area contributed by atoms with E-state index in [1.807, 2.05) is 53.5 Å². The third kappa shape index (κ3) is 5.99. The summed E-state index contributed by atoms with van der Waals surface area (Å²) < 4.78 is 3.88. The quantitative estimate of drug-likeness (QED) is 0.206. The van der Waals surface area contributed by atoms with Crippen molar-refractivity contribution in [1.82, 2.24) is 8.96 Å². The number of nitrogens with zero attached hydrogens (tertiary/aromatic N) is 1. The van der Waals surface area contributed by atoms with E-state index in [1.165, 1.54) is 31.2 Å². The normalized spacial score (nSPS) is 19.0. The summed E-state index contributed by atoms with van der Waals surface area (Å²) in [6.07, 6.45) is 7.77. The van der Waals surface area contributed by atoms with Crippen molar-refractivity contribution in [3.05, 3.63) is 72.8 Å². The summed E-state index contributed by atoms with van der Waals surface area (Å²) in [5.41, 5.74) is 6.08. The third-order valence-corrected chi connectivity index (χ3v) is 7.94. The van der Waals surface area contributed by atoms with E-state index in [-0.39, 0.29) is 27.5 Å². The molecule has 0 aliphatic heterocycles. The Labute approximate surface area is 179 Å². The van der Waals surface area contributed by atoms with Gasteiger partial charge in [0.15, 0.2) is 0 Å². The molecule has 0 radical (unpaired) electrons. The van der Waals surface area contributed by atoms with Gasteiger partial charge >= 0.3 is 179 Å². The standard InChI is InChI=1S/C23H29IN3O/c1-3-8-19-9-7-12-22(17-19)27(21-10-5-4-6-11-21)26-23(28)25-24-20-15-13-18(2)14-16-20/h3-7,9-12,17-18,20H,1,8,13-16H2,2H3,(H2,25,26,28)/q-1. The summed E-state index contributed by atoms with van der Waals surface area (Å²) in [7, 11) is 0. The molecule has 2 N–H and O–H groups in total. The topological polar surface area (TPSA) is 44.4 Å². The zero-order valence-corrected chi connectivity index (χ0v) is 18.6. The average molecular weight is 490 g/mol. The van der Waals surface area contributed by atoms with Crippen molar-refractivity contribution in [3.63, 3.8) is 0 Å². The van der Waals surface area contributed by atoms with Gasteiger partial charge in [0.25, 0.3) is 0 Å². The van der Waals surface area contributed by atoms with Gasteiger partial charge in [0.2, 0.25) is 0 Å². The number of carbonyl (C=O) groups excluding carboxylic acids is 1. The molecule has 1 aliphatic carbocycles. The van der Waals surface area contributed by atoms with Crippen molar-refractivity contribution >= 4 is 17.4 Å². The van der Waals surface area contributed by atoms with Gasteiger partial charge in [-0.05, 0) is 0 Å². The number of allylic oxidation sites excluding steroid dienone is 1. The van der Waals surface area contributed by atoms with E-state index in [1.54, 1.807) is 0 Å². The van der Waals surface area contributed by atoms with Crippen LogP contribution in [-0.2, 0) is 6.42 Å². The first-order chi connectivity index (χ1) is 13.7. The van der Waals surface area contributed by atoms with Gasteiger partial charge in [-0.1, -0.05) is 0 Å². The molecule has 4 nitrogen and oxygen atoms in total. The Bertz CT molecular complexity index is 772. The second kappa shape index (κ2) is 10.5. The molecule has 1 saturated carbocycles. The van der Waals surface area contributed by atoms with Crippen LogP contribution in [0.3, 0.4) is 0 Å². The molecule has 0 saturated heterocycles. The Balaban J connectivity index is 1.68. The first-order valence-electron chi connectivity index (χ1n) is 9.89. The molecule has 28 heavy (non-hydrogen) atoms. The molecule has 1 fully saturated rings. The van der Waals surface area contributed by atoms with E-state index in [2.05, 4.69) is 34.6 Å². The maximum absolute atomic E-state index is 12.7. The summed E-state index contributed by atoms with van der Waals surface area (Å²) in [6, 6.07) is 18.0. The Morgan fingerprint density at radius 1 is 1.11 bits per heavy atom. The second-order valence-corrected chi connectivity index (χ2v) is 10.3. The van der Waals surface area contributed by atoms with Crippen LogP contribution in [0.4, 0.5) is 16.2 Å². The molecule has 2 aromatic carbocycles. The van der Waals surface area contributed by atoms with Gasteiger partial charge in [-0.2, -0.15) is 0 Å². The van der Waals surface area contributed by atoms with Crippen LogP contribution in [0.15, 0.2) is 67.3 Å². The molecule has 0 heterocycles. The van der Waals surface area contributed by atoms with Crippen LogP contribution >= 0.6 is 0 Å². The van der Waals surface area contributed by atoms with E-state index in [9.17, 15) is 4.79 Å². The Kier molecular flexibility index (Phi) is 7.77. The van der Waals surface area contributed by atoms with Crippen LogP contribution in [0.25, 0.3) is 0 Å². The molecule has 0 spiro atoms. The molecule has 0 bridgehead atoms. The maximum atomic E-state index is 12.7. The van der Waals surface area contributed by atoms with Crippen molar-refractivity contribution < 1.29 is 26.3 Å². The number of alkyl halides is 1. The molecule has 2 aromatic rings. The number of hydrogen-bond donors (Lipinski definition) is 2. The minimum atomic E-state index is -0.342. The number of anilines is 2. The number of rotatable bonds is 7. The SMILES string of the molecule is C=CCc1cccc(N(NC(=O)N[I-]C2CCC(C)CC2)c2ccccc2)c1. The molecule has 1 aliphatic rings. The van der Waals surface area contributed by atoms with Crippen molar-refractivity contribution in [1.29, 1.82) is 0 Å². The number of benzene rings is 2. The number of urea groups is 1. The third-order valence-electron chi connectivity index (χ3n) is 5.02. The van der Waals surface area contributed by atoms with Crippen LogP contribution in [0.5, 0.6) is 0 Å². The van der Waals surface area contributed by atoms with E-state index >= 15 is 0 Å². The number of carbonyl (C=O) groups is 1. The molecule has 2 amide bonds. The average Bonchev–Trinajstić information content (AvgIpc) is 2.73. The van der Waals surface area contributed by atoms with Gasteiger partial charge in [0.1, 0.15) is 0 Å². The van der Waals surface area contributed by atoms with E-state index in [4.69, 9.17) is 0 Å².